The Morgan fingerprint density at radius 1 is 0.841 bits per heavy atom. The molecule has 1 amide bonds. The second kappa shape index (κ2) is 13.2. The Bertz CT molecular complexity index is 1750. The first-order valence-electron chi connectivity index (χ1n) is 14.4. The molecule has 11 heteroatoms. The summed E-state index contributed by atoms with van der Waals surface area (Å²) >= 11 is 14.1. The summed E-state index contributed by atoms with van der Waals surface area (Å²) < 4.78 is 11.2. The van der Waals surface area contributed by atoms with Gasteiger partial charge in [0.2, 0.25) is 17.7 Å². The van der Waals surface area contributed by atoms with E-state index in [1.807, 2.05) is 60.7 Å². The van der Waals surface area contributed by atoms with Crippen LogP contribution in [0.15, 0.2) is 65.7 Å². The van der Waals surface area contributed by atoms with E-state index in [0.29, 0.717) is 52.7 Å². The number of nitrogens with one attached hydrogen (secondary N) is 3. The number of aliphatic imine (C=N–C) groups is 1. The van der Waals surface area contributed by atoms with Gasteiger partial charge in [0.1, 0.15) is 5.84 Å². The van der Waals surface area contributed by atoms with Gasteiger partial charge in [-0.25, -0.2) is 9.97 Å². The van der Waals surface area contributed by atoms with Crippen LogP contribution >= 0.6 is 23.2 Å². The Balaban J connectivity index is 1.27. The zero-order valence-corrected chi connectivity index (χ0v) is 25.9. The van der Waals surface area contributed by atoms with Crippen molar-refractivity contribution in [3.63, 3.8) is 0 Å². The number of aromatic nitrogens is 2. The van der Waals surface area contributed by atoms with Crippen LogP contribution in [0.25, 0.3) is 33.6 Å². The van der Waals surface area contributed by atoms with E-state index in [-0.39, 0.29) is 11.9 Å². The summed E-state index contributed by atoms with van der Waals surface area (Å²) in [5.41, 5.74) is 6.13. The van der Waals surface area contributed by atoms with Crippen LogP contribution in [0.1, 0.15) is 24.0 Å². The fourth-order valence-electron chi connectivity index (χ4n) is 5.52. The molecule has 1 saturated heterocycles. The number of hydrogen-bond acceptors (Lipinski definition) is 8. The van der Waals surface area contributed by atoms with Crippen LogP contribution in [-0.4, -0.2) is 61.6 Å². The molecule has 0 spiro atoms. The number of pyridine rings is 2. The van der Waals surface area contributed by atoms with Gasteiger partial charge in [-0.1, -0.05) is 65.7 Å². The minimum Gasteiger partial charge on any atom is -0.481 e. The Hall–Kier alpha value is -4.18. The number of hydrogen-bond donors (Lipinski definition) is 3. The molecule has 2 aromatic carbocycles. The highest BCUT2D eigenvalue weighted by Gasteiger charge is 2.22. The fraction of sp³-hybridized carbons (Fsp3) is 0.273. The van der Waals surface area contributed by atoms with E-state index in [9.17, 15) is 4.79 Å². The van der Waals surface area contributed by atoms with E-state index in [2.05, 4.69) is 20.9 Å². The highest BCUT2D eigenvalue weighted by Crippen LogP contribution is 2.42. The van der Waals surface area contributed by atoms with Gasteiger partial charge in [-0.3, -0.25) is 9.79 Å². The quantitative estimate of drug-likeness (QED) is 0.212. The van der Waals surface area contributed by atoms with Crippen molar-refractivity contribution in [2.45, 2.75) is 25.4 Å². The Morgan fingerprint density at radius 2 is 1.48 bits per heavy atom. The van der Waals surface area contributed by atoms with Crippen molar-refractivity contribution in [1.82, 2.24) is 25.9 Å². The molecule has 4 aromatic rings. The third-order valence-electron chi connectivity index (χ3n) is 7.75. The summed E-state index contributed by atoms with van der Waals surface area (Å²) in [6.07, 6.45) is 1.42. The molecule has 9 nitrogen and oxygen atoms in total. The zero-order chi connectivity index (χ0) is 30.6. The molecule has 0 bridgehead atoms. The maximum atomic E-state index is 11.5. The van der Waals surface area contributed by atoms with E-state index >= 15 is 0 Å². The minimum absolute atomic E-state index is 0.103. The average Bonchev–Trinajstić information content (AvgIpc) is 3.73. The third-order valence-corrected chi connectivity index (χ3v) is 8.56. The number of ether oxygens (including phenoxy) is 2. The first-order valence-corrected chi connectivity index (χ1v) is 15.2. The molecule has 6 rings (SSSR count). The topological polar surface area (TPSA) is 110 Å². The Kier molecular flexibility index (Phi) is 8.97. The van der Waals surface area contributed by atoms with Gasteiger partial charge in [-0.15, -0.1) is 0 Å². The molecule has 2 aromatic heterocycles. The molecule has 0 aliphatic carbocycles. The van der Waals surface area contributed by atoms with Crippen molar-refractivity contribution in [1.29, 1.82) is 0 Å². The lowest BCUT2D eigenvalue weighted by atomic mass is 9.98. The van der Waals surface area contributed by atoms with Crippen LogP contribution in [0.3, 0.4) is 0 Å². The van der Waals surface area contributed by atoms with Crippen molar-refractivity contribution in [3.05, 3.63) is 81.8 Å². The number of methoxy groups -OCH3 is 2. The lowest BCUT2D eigenvalue weighted by Gasteiger charge is -2.16. The zero-order valence-electron chi connectivity index (χ0n) is 24.4. The Morgan fingerprint density at radius 3 is 2.07 bits per heavy atom. The summed E-state index contributed by atoms with van der Waals surface area (Å²) in [6, 6.07) is 19.5. The normalized spacial score (nSPS) is 16.0. The molecular formula is C33H32Cl2N6O3. The smallest absolute Gasteiger partial charge is 0.224 e. The van der Waals surface area contributed by atoms with Gasteiger partial charge in [0.05, 0.1) is 47.8 Å². The monoisotopic (exact) mass is 630 g/mol. The van der Waals surface area contributed by atoms with Crippen LogP contribution < -0.4 is 25.4 Å². The van der Waals surface area contributed by atoms with Crippen LogP contribution in [0.4, 0.5) is 0 Å². The third kappa shape index (κ3) is 6.08. The molecule has 2 aliphatic heterocycles. The number of rotatable bonds is 10. The molecule has 226 valence electrons. The lowest BCUT2D eigenvalue weighted by Crippen LogP contribution is -2.35. The summed E-state index contributed by atoms with van der Waals surface area (Å²) in [7, 11) is 3.20. The maximum absolute atomic E-state index is 11.5. The first kappa shape index (κ1) is 29.9. The number of benzene rings is 2. The highest BCUT2D eigenvalue weighted by atomic mass is 35.5. The first-order chi connectivity index (χ1) is 21.5. The van der Waals surface area contributed by atoms with Crippen LogP contribution in [0.2, 0.25) is 10.0 Å². The number of carbonyl (C=O) groups is 1. The van der Waals surface area contributed by atoms with Gasteiger partial charge in [0.15, 0.2) is 0 Å². The molecule has 0 saturated carbocycles. The SMILES string of the molecule is COc1nc(-c2cccc(-c3cccc(-c4ccc(C5=NCCN5)c(OC)n4)c3Cl)c2Cl)ccc1CNC[C@@H]1CCC(=O)N1. The van der Waals surface area contributed by atoms with Crippen molar-refractivity contribution < 1.29 is 14.3 Å². The minimum atomic E-state index is 0.103. The van der Waals surface area contributed by atoms with Gasteiger partial charge in [0.25, 0.3) is 0 Å². The number of amides is 1. The average molecular weight is 632 g/mol. The molecule has 2 aliphatic rings. The van der Waals surface area contributed by atoms with E-state index < -0.39 is 0 Å². The lowest BCUT2D eigenvalue weighted by molar-refractivity contribution is -0.119. The van der Waals surface area contributed by atoms with Crippen molar-refractivity contribution >= 4 is 34.9 Å². The van der Waals surface area contributed by atoms with Gasteiger partial charge >= 0.3 is 0 Å². The van der Waals surface area contributed by atoms with Crippen molar-refractivity contribution in [2.24, 2.45) is 4.99 Å². The van der Waals surface area contributed by atoms with E-state index in [1.54, 1.807) is 14.2 Å². The number of carbonyl (C=O) groups excluding carboxylic acids is 1. The molecule has 4 heterocycles. The summed E-state index contributed by atoms with van der Waals surface area (Å²) in [5, 5.41) is 10.7. The summed E-state index contributed by atoms with van der Waals surface area (Å²) in [6.45, 7) is 2.76. The van der Waals surface area contributed by atoms with Gasteiger partial charge in [-0.05, 0) is 24.6 Å². The Labute approximate surface area is 266 Å². The molecule has 3 N–H and O–H groups in total. The van der Waals surface area contributed by atoms with Gasteiger partial charge < -0.3 is 25.4 Å². The second-order valence-electron chi connectivity index (χ2n) is 10.5. The summed E-state index contributed by atoms with van der Waals surface area (Å²) in [4.78, 5) is 25.5. The molecular weight excluding hydrogens is 599 g/mol. The predicted molar refractivity (Wildman–Crippen MR) is 174 cm³/mol. The molecule has 0 radical (unpaired) electrons. The van der Waals surface area contributed by atoms with Crippen molar-refractivity contribution in [3.8, 4) is 45.4 Å². The highest BCUT2D eigenvalue weighted by molar-refractivity contribution is 6.39. The van der Waals surface area contributed by atoms with Crippen LogP contribution in [0, 0.1) is 0 Å². The standard InChI is InChI=1S/C33H32Cl2N6O3/c1-43-32-19(17-36-18-20-10-14-28(42)39-20)9-12-26(40-32)23-7-3-5-21(29(23)34)22-6-4-8-24(30(22)35)27-13-11-25(33(41-27)44-2)31-37-15-16-38-31/h3-9,11-13,20,36H,10,14-18H2,1-2H3,(H,37,38)(H,39,42)/t20-/m0/s1. The number of halogens is 2. The van der Waals surface area contributed by atoms with Crippen LogP contribution in [0.5, 0.6) is 11.8 Å². The largest absolute Gasteiger partial charge is 0.481 e. The maximum Gasteiger partial charge on any atom is 0.224 e. The van der Waals surface area contributed by atoms with Crippen LogP contribution in [-0.2, 0) is 11.3 Å². The molecule has 44 heavy (non-hydrogen) atoms. The number of nitrogens with zero attached hydrogens (tertiary/aromatic N) is 3. The summed E-state index contributed by atoms with van der Waals surface area (Å²) in [5.74, 6) is 1.86. The molecule has 1 atom stereocenters. The van der Waals surface area contributed by atoms with E-state index in [1.165, 1.54) is 0 Å². The number of amidine groups is 1. The van der Waals surface area contributed by atoms with Gasteiger partial charge in [0, 0.05) is 59.9 Å². The molecule has 1 fully saturated rings. The van der Waals surface area contributed by atoms with Gasteiger partial charge in [-0.2, -0.15) is 0 Å². The predicted octanol–water partition coefficient (Wildman–Crippen LogP) is 5.52. The van der Waals surface area contributed by atoms with E-state index in [4.69, 9.17) is 42.6 Å². The van der Waals surface area contributed by atoms with E-state index in [0.717, 1.165) is 58.7 Å². The second-order valence-corrected chi connectivity index (χ2v) is 11.3. The fourth-order valence-corrected chi connectivity index (χ4v) is 6.17. The van der Waals surface area contributed by atoms with Crippen molar-refractivity contribution in [2.75, 3.05) is 33.9 Å². The molecule has 0 unspecified atom stereocenters.